The van der Waals surface area contributed by atoms with Gasteiger partial charge in [-0.15, -0.1) is 0 Å². The third-order valence-electron chi connectivity index (χ3n) is 0. The average molecular weight is 243 g/mol. The minimum absolute atomic E-state index is 3.28. The third kappa shape index (κ3) is 68.6. The fourth-order valence-electron chi connectivity index (χ4n) is 0. The summed E-state index contributed by atoms with van der Waals surface area (Å²) in [4.78, 5) is 0. The van der Waals surface area contributed by atoms with Gasteiger partial charge in [0.25, 0.3) is 0 Å². The van der Waals surface area contributed by atoms with E-state index in [1.807, 2.05) is 0 Å². The Kier molecular flexibility index (Phi) is 1.64. The second kappa shape index (κ2) is 1.44. The maximum absolute atomic E-state index is 4.91. The minimum atomic E-state index is -3.28. The van der Waals surface area contributed by atoms with Crippen molar-refractivity contribution in [3.8, 4) is 0 Å². The molecule has 0 saturated heterocycles. The number of nitrogens with two attached hydrogens (primary N) is 4. The third-order valence-corrected chi connectivity index (χ3v) is 0. The van der Waals surface area contributed by atoms with Crippen LogP contribution in [0.25, 0.3) is 0 Å². The van der Waals surface area contributed by atoms with Gasteiger partial charge in [0, 0.05) is 0 Å². The van der Waals surface area contributed by atoms with Gasteiger partial charge in [-0.05, 0) is 0 Å². The summed E-state index contributed by atoms with van der Waals surface area (Å²) in [5.74, 6) is 0. The van der Waals surface area contributed by atoms with E-state index in [1.54, 1.807) is 0 Å². The van der Waals surface area contributed by atoms with E-state index >= 15 is 0 Å². The van der Waals surface area contributed by atoms with Gasteiger partial charge < -0.3 is 0 Å². The monoisotopic (exact) mass is 244 g/mol. The van der Waals surface area contributed by atoms with Crippen LogP contribution in [0.2, 0.25) is 0 Å². The van der Waals surface area contributed by atoms with Crippen molar-refractivity contribution in [1.82, 2.24) is 0 Å². The van der Waals surface area contributed by atoms with Crippen molar-refractivity contribution < 1.29 is 21.1 Å². The number of hydrogen-bond acceptors (Lipinski definition) is 4. The molecule has 0 aromatic rings. The van der Waals surface area contributed by atoms with E-state index in [0.717, 1.165) is 0 Å². The molecule has 32 valence electrons. The summed E-state index contributed by atoms with van der Waals surface area (Å²) in [6.45, 7) is 0. The van der Waals surface area contributed by atoms with E-state index in [9.17, 15) is 0 Å². The molecule has 0 aliphatic carbocycles. The molecule has 0 amide bonds. The van der Waals surface area contributed by atoms with E-state index in [4.69, 9.17) is 14.9 Å². The predicted molar refractivity (Wildman–Crippen MR) is 16.7 cm³/mol. The van der Waals surface area contributed by atoms with Crippen molar-refractivity contribution >= 4 is 0 Å². The Morgan fingerprint density at radius 3 is 0.800 bits per heavy atom. The van der Waals surface area contributed by atoms with E-state index in [1.165, 1.54) is 0 Å². The summed E-state index contributed by atoms with van der Waals surface area (Å²) < 4.78 is 19.6. The van der Waals surface area contributed by atoms with Crippen molar-refractivity contribution in [2.75, 3.05) is 0 Å². The second-order valence-electron chi connectivity index (χ2n) is 1.00. The molecule has 0 aromatic carbocycles. The molecular formula is H8HfN4. The van der Waals surface area contributed by atoms with Gasteiger partial charge in [-0.1, -0.05) is 0 Å². The fourth-order valence-corrected chi connectivity index (χ4v) is 0. The van der Waals surface area contributed by atoms with Gasteiger partial charge in [0.2, 0.25) is 0 Å². The summed E-state index contributed by atoms with van der Waals surface area (Å²) in [5.41, 5.74) is 0. The summed E-state index contributed by atoms with van der Waals surface area (Å²) in [6.07, 6.45) is 0. The van der Waals surface area contributed by atoms with Crippen LogP contribution in [0.5, 0.6) is 0 Å². The van der Waals surface area contributed by atoms with E-state index < -0.39 is 21.1 Å². The van der Waals surface area contributed by atoms with Gasteiger partial charge in [0.15, 0.2) is 0 Å². The van der Waals surface area contributed by atoms with Gasteiger partial charge in [-0.3, -0.25) is 0 Å². The zero-order chi connectivity index (χ0) is 4.50. The molecule has 5 heteroatoms. The van der Waals surface area contributed by atoms with Crippen molar-refractivity contribution in [3.63, 3.8) is 0 Å². The first-order chi connectivity index (χ1) is 2.00. The summed E-state index contributed by atoms with van der Waals surface area (Å²) in [6, 6.07) is 0. The summed E-state index contributed by atoms with van der Waals surface area (Å²) in [7, 11) is 0. The van der Waals surface area contributed by atoms with Crippen LogP contribution in [0.3, 0.4) is 0 Å². The van der Waals surface area contributed by atoms with Crippen LogP contribution in [0.1, 0.15) is 0 Å². The number of hydrogen-bond donors (Lipinski definition) is 4. The van der Waals surface area contributed by atoms with Crippen LogP contribution < -0.4 is 14.9 Å². The number of rotatable bonds is 0. The van der Waals surface area contributed by atoms with E-state index in [-0.39, 0.29) is 0 Å². The Bertz CT molecular complexity index is 19.1. The van der Waals surface area contributed by atoms with E-state index in [2.05, 4.69) is 0 Å². The molecule has 0 aliphatic heterocycles. The molecule has 0 radical (unpaired) electrons. The van der Waals surface area contributed by atoms with Crippen LogP contribution in [0, 0.1) is 0 Å². The molecule has 0 aromatic heterocycles. The molecule has 5 heavy (non-hydrogen) atoms. The van der Waals surface area contributed by atoms with Crippen LogP contribution in [-0.2, 0) is 21.1 Å². The van der Waals surface area contributed by atoms with Crippen LogP contribution >= 0.6 is 0 Å². The van der Waals surface area contributed by atoms with Crippen molar-refractivity contribution in [2.45, 2.75) is 0 Å². The van der Waals surface area contributed by atoms with Gasteiger partial charge >= 0.3 is 36.0 Å². The first kappa shape index (κ1) is 5.71. The van der Waals surface area contributed by atoms with Crippen molar-refractivity contribution in [3.05, 3.63) is 0 Å². The first-order valence-electron chi connectivity index (χ1n) is 1.15. The van der Waals surface area contributed by atoms with Crippen molar-refractivity contribution in [1.29, 1.82) is 0 Å². The molecule has 8 N–H and O–H groups in total. The van der Waals surface area contributed by atoms with Gasteiger partial charge in [-0.2, -0.15) is 0 Å². The molecule has 0 rings (SSSR count). The van der Waals surface area contributed by atoms with Crippen molar-refractivity contribution in [2.24, 2.45) is 14.9 Å². The second-order valence-corrected chi connectivity index (χ2v) is 8.19. The molecule has 0 heterocycles. The zero-order valence-corrected chi connectivity index (χ0v) is 6.40. The Morgan fingerprint density at radius 1 is 0.800 bits per heavy atom. The Balaban J connectivity index is 3.02. The van der Waals surface area contributed by atoms with Crippen LogP contribution in [-0.4, -0.2) is 0 Å². The van der Waals surface area contributed by atoms with Crippen LogP contribution in [0.15, 0.2) is 0 Å². The molecule has 0 saturated carbocycles. The molecule has 0 spiro atoms. The summed E-state index contributed by atoms with van der Waals surface area (Å²) >= 11 is -3.28. The van der Waals surface area contributed by atoms with Gasteiger partial charge in [-0.25, -0.2) is 0 Å². The van der Waals surface area contributed by atoms with Crippen LogP contribution in [0.4, 0.5) is 0 Å². The average Bonchev–Trinajstić information content (AvgIpc) is 0.722. The maximum atomic E-state index is 4.91. The predicted octanol–water partition coefficient (Wildman–Crippen LogP) is -2.36. The molecular weight excluding hydrogens is 235 g/mol. The quantitative estimate of drug-likeness (QED) is 0.357. The normalized spacial score (nSPS) is 12.0. The van der Waals surface area contributed by atoms with Gasteiger partial charge in [0.1, 0.15) is 0 Å². The molecule has 0 bridgehead atoms. The SMILES string of the molecule is [NH2][Hf]([NH2])([NH2])[NH2]. The summed E-state index contributed by atoms with van der Waals surface area (Å²) in [5, 5.41) is 0. The molecule has 0 fully saturated rings. The molecule has 4 nitrogen and oxygen atoms in total. The molecule has 0 unspecified atom stereocenters. The standard InChI is InChI=1S/Hf.4H2N/h;4*1H2/q+4;4*-1. The topological polar surface area (TPSA) is 104 Å². The first-order valence-corrected chi connectivity index (χ1v) is 9.45. The van der Waals surface area contributed by atoms with Gasteiger partial charge in [0.05, 0.1) is 0 Å². The molecule has 0 aliphatic rings. The van der Waals surface area contributed by atoms with E-state index in [0.29, 0.717) is 0 Å². The fraction of sp³-hybridized carbons (Fsp3) is 0. The molecule has 0 atom stereocenters. The zero-order valence-electron chi connectivity index (χ0n) is 2.81. The Hall–Kier alpha value is 0.710. The Labute approximate surface area is 36.4 Å². The Morgan fingerprint density at radius 2 is 0.800 bits per heavy atom.